The van der Waals surface area contributed by atoms with Gasteiger partial charge in [0.15, 0.2) is 5.82 Å². The zero-order chi connectivity index (χ0) is 12.0. The molecule has 1 aliphatic carbocycles. The highest BCUT2D eigenvalue weighted by Gasteiger charge is 2.64. The van der Waals surface area contributed by atoms with Crippen LogP contribution in [0.25, 0.3) is 0 Å². The van der Waals surface area contributed by atoms with Gasteiger partial charge in [0.05, 0.1) is 6.54 Å². The van der Waals surface area contributed by atoms with Crippen molar-refractivity contribution in [3.63, 3.8) is 0 Å². The van der Waals surface area contributed by atoms with Crippen LogP contribution in [0, 0.1) is 16.7 Å². The first-order valence-corrected chi connectivity index (χ1v) is 5.81. The van der Waals surface area contributed by atoms with E-state index in [0.29, 0.717) is 16.7 Å². The van der Waals surface area contributed by atoms with Gasteiger partial charge in [-0.25, -0.2) is 4.68 Å². The minimum atomic E-state index is 0.385. The summed E-state index contributed by atoms with van der Waals surface area (Å²) in [6, 6.07) is 0. The zero-order valence-electron chi connectivity index (χ0n) is 10.8. The molecule has 0 saturated heterocycles. The van der Waals surface area contributed by atoms with E-state index in [9.17, 15) is 0 Å². The molecule has 90 valence electrons. The standard InChI is InChI=1S/C11H21N5/c1-10(2)8(11(10,3)4)7-16-9(6-12-5)13-14-15-16/h8,12H,6-7H2,1-5H3. The molecule has 1 fully saturated rings. The molecule has 0 radical (unpaired) electrons. The lowest BCUT2D eigenvalue weighted by Crippen LogP contribution is -2.15. The molecule has 0 unspecified atom stereocenters. The second kappa shape index (κ2) is 3.52. The van der Waals surface area contributed by atoms with Crippen LogP contribution in [0.3, 0.4) is 0 Å². The Balaban J connectivity index is 2.09. The number of tetrazole rings is 1. The lowest BCUT2D eigenvalue weighted by Gasteiger charge is -2.05. The minimum Gasteiger partial charge on any atom is -0.313 e. The predicted molar refractivity (Wildman–Crippen MR) is 61.6 cm³/mol. The van der Waals surface area contributed by atoms with Crippen LogP contribution in [0.2, 0.25) is 0 Å². The molecule has 1 N–H and O–H groups in total. The molecule has 0 atom stereocenters. The first-order valence-electron chi connectivity index (χ1n) is 5.81. The number of nitrogens with one attached hydrogen (secondary N) is 1. The monoisotopic (exact) mass is 223 g/mol. The fourth-order valence-electron chi connectivity index (χ4n) is 2.61. The molecular formula is C11H21N5. The summed E-state index contributed by atoms with van der Waals surface area (Å²) in [6.07, 6.45) is 0. The predicted octanol–water partition coefficient (Wildman–Crippen LogP) is 1.07. The van der Waals surface area contributed by atoms with E-state index in [1.54, 1.807) is 0 Å². The fourth-order valence-corrected chi connectivity index (χ4v) is 2.61. The molecule has 0 bridgehead atoms. The van der Waals surface area contributed by atoms with Gasteiger partial charge < -0.3 is 5.32 Å². The van der Waals surface area contributed by atoms with Gasteiger partial charge in [0, 0.05) is 6.54 Å². The fraction of sp³-hybridized carbons (Fsp3) is 0.909. The molecule has 16 heavy (non-hydrogen) atoms. The summed E-state index contributed by atoms with van der Waals surface area (Å²) in [4.78, 5) is 0. The molecule has 1 heterocycles. The summed E-state index contributed by atoms with van der Waals surface area (Å²) in [7, 11) is 1.91. The van der Waals surface area contributed by atoms with E-state index in [4.69, 9.17) is 0 Å². The molecule has 0 amide bonds. The molecule has 1 aromatic heterocycles. The topological polar surface area (TPSA) is 55.6 Å². The van der Waals surface area contributed by atoms with Crippen LogP contribution < -0.4 is 5.32 Å². The van der Waals surface area contributed by atoms with Gasteiger partial charge in [-0.2, -0.15) is 0 Å². The van der Waals surface area contributed by atoms with E-state index in [-0.39, 0.29) is 0 Å². The lowest BCUT2D eigenvalue weighted by atomic mass is 10.0. The Bertz CT molecular complexity index is 365. The third-order valence-corrected chi connectivity index (χ3v) is 4.62. The molecule has 2 rings (SSSR count). The Morgan fingerprint density at radius 1 is 1.25 bits per heavy atom. The van der Waals surface area contributed by atoms with E-state index in [1.807, 2.05) is 11.7 Å². The Labute approximate surface area is 96.6 Å². The number of rotatable bonds is 4. The summed E-state index contributed by atoms with van der Waals surface area (Å²) in [5.74, 6) is 1.57. The van der Waals surface area contributed by atoms with Crippen molar-refractivity contribution in [2.75, 3.05) is 7.05 Å². The third-order valence-electron chi connectivity index (χ3n) is 4.62. The first-order chi connectivity index (χ1) is 7.41. The highest BCUT2D eigenvalue weighted by Crippen LogP contribution is 2.68. The van der Waals surface area contributed by atoms with E-state index in [0.717, 1.165) is 18.9 Å². The molecule has 1 aliphatic rings. The largest absolute Gasteiger partial charge is 0.313 e. The van der Waals surface area contributed by atoms with Gasteiger partial charge >= 0.3 is 0 Å². The molecule has 0 aromatic carbocycles. The maximum absolute atomic E-state index is 4.06. The maximum Gasteiger partial charge on any atom is 0.165 e. The van der Waals surface area contributed by atoms with Crippen LogP contribution >= 0.6 is 0 Å². The van der Waals surface area contributed by atoms with Crippen LogP contribution in [0.5, 0.6) is 0 Å². The Hall–Kier alpha value is -0.970. The van der Waals surface area contributed by atoms with Crippen molar-refractivity contribution in [3.05, 3.63) is 5.82 Å². The molecule has 1 saturated carbocycles. The average molecular weight is 223 g/mol. The summed E-state index contributed by atoms with van der Waals surface area (Å²) < 4.78 is 1.93. The maximum atomic E-state index is 4.06. The lowest BCUT2D eigenvalue weighted by molar-refractivity contribution is 0.449. The Morgan fingerprint density at radius 3 is 2.38 bits per heavy atom. The first kappa shape index (κ1) is 11.5. The van der Waals surface area contributed by atoms with Crippen molar-refractivity contribution in [1.82, 2.24) is 25.5 Å². The van der Waals surface area contributed by atoms with Gasteiger partial charge in [-0.3, -0.25) is 0 Å². The minimum absolute atomic E-state index is 0.385. The Kier molecular flexibility index (Phi) is 2.53. The van der Waals surface area contributed by atoms with Crippen LogP contribution in [-0.4, -0.2) is 27.3 Å². The normalized spacial score (nSPS) is 22.3. The highest BCUT2D eigenvalue weighted by molar-refractivity contribution is 5.12. The van der Waals surface area contributed by atoms with Gasteiger partial charge in [-0.1, -0.05) is 27.7 Å². The van der Waals surface area contributed by atoms with E-state index >= 15 is 0 Å². The number of hydrogen-bond acceptors (Lipinski definition) is 4. The van der Waals surface area contributed by atoms with Crippen molar-refractivity contribution in [2.24, 2.45) is 16.7 Å². The summed E-state index contributed by atoms with van der Waals surface area (Å²) >= 11 is 0. The smallest absolute Gasteiger partial charge is 0.165 e. The third kappa shape index (κ3) is 1.54. The number of nitrogens with zero attached hydrogens (tertiary/aromatic N) is 4. The van der Waals surface area contributed by atoms with Gasteiger partial charge in [0.1, 0.15) is 0 Å². The molecule has 5 heteroatoms. The molecule has 0 aliphatic heterocycles. The molecule has 0 spiro atoms. The summed E-state index contributed by atoms with van der Waals surface area (Å²) in [6.45, 7) is 10.9. The van der Waals surface area contributed by atoms with Crippen molar-refractivity contribution in [3.8, 4) is 0 Å². The molecular weight excluding hydrogens is 202 g/mol. The quantitative estimate of drug-likeness (QED) is 0.829. The van der Waals surface area contributed by atoms with Crippen LogP contribution in [0.15, 0.2) is 0 Å². The van der Waals surface area contributed by atoms with E-state index in [2.05, 4.69) is 48.5 Å². The number of hydrogen-bond donors (Lipinski definition) is 1. The average Bonchev–Trinajstić information content (AvgIpc) is 2.57. The van der Waals surface area contributed by atoms with Gasteiger partial charge in [0.25, 0.3) is 0 Å². The SMILES string of the molecule is CNCc1nnnn1CC1C(C)(C)C1(C)C. The number of aromatic nitrogens is 4. The van der Waals surface area contributed by atoms with Gasteiger partial charge in [0.2, 0.25) is 0 Å². The summed E-state index contributed by atoms with van der Waals surface area (Å²) in [5, 5.41) is 14.9. The van der Waals surface area contributed by atoms with E-state index in [1.165, 1.54) is 0 Å². The van der Waals surface area contributed by atoms with Gasteiger partial charge in [-0.15, -0.1) is 5.10 Å². The second-order valence-corrected chi connectivity index (χ2v) is 5.80. The van der Waals surface area contributed by atoms with Crippen LogP contribution in [-0.2, 0) is 13.1 Å². The second-order valence-electron chi connectivity index (χ2n) is 5.80. The van der Waals surface area contributed by atoms with Crippen LogP contribution in [0.4, 0.5) is 0 Å². The van der Waals surface area contributed by atoms with Crippen molar-refractivity contribution < 1.29 is 0 Å². The van der Waals surface area contributed by atoms with Gasteiger partial charge in [-0.05, 0) is 34.2 Å². The van der Waals surface area contributed by atoms with Crippen molar-refractivity contribution in [1.29, 1.82) is 0 Å². The summed E-state index contributed by atoms with van der Waals surface area (Å²) in [5.41, 5.74) is 0.770. The Morgan fingerprint density at radius 2 is 1.88 bits per heavy atom. The van der Waals surface area contributed by atoms with Crippen molar-refractivity contribution in [2.45, 2.75) is 40.8 Å². The van der Waals surface area contributed by atoms with Crippen LogP contribution in [0.1, 0.15) is 33.5 Å². The highest BCUT2D eigenvalue weighted by atomic mass is 15.5. The van der Waals surface area contributed by atoms with E-state index < -0.39 is 0 Å². The van der Waals surface area contributed by atoms with Crippen molar-refractivity contribution >= 4 is 0 Å². The molecule has 1 aromatic rings. The zero-order valence-corrected chi connectivity index (χ0v) is 10.8. The molecule has 5 nitrogen and oxygen atoms in total.